The molecule has 1 aliphatic rings. The van der Waals surface area contributed by atoms with E-state index in [1.165, 1.54) is 6.07 Å². The van der Waals surface area contributed by atoms with E-state index in [1.807, 2.05) is 0 Å². The zero-order valence-corrected chi connectivity index (χ0v) is 14.0. The molecular formula is C15H8Cl3N3O3. The Kier molecular flexibility index (Phi) is 4.13. The van der Waals surface area contributed by atoms with Crippen molar-refractivity contribution in [1.82, 2.24) is 9.88 Å². The third kappa shape index (κ3) is 2.58. The number of benzene rings is 1. The van der Waals surface area contributed by atoms with Gasteiger partial charge >= 0.3 is 0 Å². The highest BCUT2D eigenvalue weighted by Crippen LogP contribution is 2.30. The molecule has 2 amide bonds. The largest absolute Gasteiger partial charge is 0.384 e. The molecule has 0 radical (unpaired) electrons. The van der Waals surface area contributed by atoms with Crippen LogP contribution in [0.3, 0.4) is 0 Å². The molecule has 0 saturated carbocycles. The zero-order chi connectivity index (χ0) is 17.6. The second kappa shape index (κ2) is 5.98. The average Bonchev–Trinajstić information content (AvgIpc) is 2.81. The SMILES string of the molecule is Nc1c2c(cc(=O)n1-c1cccc(C(Cl)=C(Cl)Cl)c1)C(=O)NC2=O. The van der Waals surface area contributed by atoms with Crippen LogP contribution in [0.25, 0.3) is 10.7 Å². The molecule has 3 N–H and O–H groups in total. The van der Waals surface area contributed by atoms with Crippen LogP contribution in [-0.4, -0.2) is 16.4 Å². The number of fused-ring (bicyclic) bond motifs is 1. The van der Waals surface area contributed by atoms with Crippen molar-refractivity contribution in [3.05, 3.63) is 61.9 Å². The van der Waals surface area contributed by atoms with E-state index in [9.17, 15) is 14.4 Å². The maximum atomic E-state index is 12.4. The van der Waals surface area contributed by atoms with Crippen molar-refractivity contribution in [3.8, 4) is 5.69 Å². The van der Waals surface area contributed by atoms with E-state index in [2.05, 4.69) is 5.32 Å². The van der Waals surface area contributed by atoms with Crippen LogP contribution in [0.2, 0.25) is 0 Å². The summed E-state index contributed by atoms with van der Waals surface area (Å²) in [5.41, 5.74) is 6.11. The Morgan fingerprint density at radius 3 is 2.42 bits per heavy atom. The maximum Gasteiger partial charge on any atom is 0.262 e. The lowest BCUT2D eigenvalue weighted by molar-refractivity contribution is 0.0880. The van der Waals surface area contributed by atoms with Gasteiger partial charge in [-0.15, -0.1) is 0 Å². The number of nitrogens with one attached hydrogen (secondary N) is 1. The summed E-state index contributed by atoms with van der Waals surface area (Å²) >= 11 is 17.3. The summed E-state index contributed by atoms with van der Waals surface area (Å²) < 4.78 is 0.973. The number of pyridine rings is 1. The van der Waals surface area contributed by atoms with Crippen LogP contribution in [0.5, 0.6) is 0 Å². The molecular weight excluding hydrogens is 377 g/mol. The van der Waals surface area contributed by atoms with E-state index in [4.69, 9.17) is 40.5 Å². The van der Waals surface area contributed by atoms with Gasteiger partial charge in [-0.05, 0) is 17.7 Å². The second-order valence-electron chi connectivity index (χ2n) is 4.90. The zero-order valence-electron chi connectivity index (χ0n) is 11.8. The van der Waals surface area contributed by atoms with Crippen LogP contribution in [0.15, 0.2) is 39.6 Å². The number of hydrogen-bond donors (Lipinski definition) is 2. The Labute approximate surface area is 150 Å². The van der Waals surface area contributed by atoms with E-state index in [1.54, 1.807) is 18.2 Å². The molecule has 2 heterocycles. The summed E-state index contributed by atoms with van der Waals surface area (Å²) in [4.78, 5) is 35.9. The summed E-state index contributed by atoms with van der Waals surface area (Å²) in [7, 11) is 0. The van der Waals surface area contributed by atoms with Crippen molar-refractivity contribution >= 4 is 57.5 Å². The van der Waals surface area contributed by atoms with Crippen molar-refractivity contribution in [3.63, 3.8) is 0 Å². The lowest BCUT2D eigenvalue weighted by Gasteiger charge is -2.13. The normalized spacial score (nSPS) is 12.8. The van der Waals surface area contributed by atoms with Crippen LogP contribution in [0.1, 0.15) is 26.3 Å². The van der Waals surface area contributed by atoms with Gasteiger partial charge in [0.2, 0.25) is 0 Å². The number of imide groups is 1. The predicted octanol–water partition coefficient (Wildman–Crippen LogP) is 2.65. The minimum Gasteiger partial charge on any atom is -0.384 e. The molecule has 1 aliphatic heterocycles. The topological polar surface area (TPSA) is 94.2 Å². The summed E-state index contributed by atoms with van der Waals surface area (Å²) in [5.74, 6) is -1.45. The number of nitrogen functional groups attached to an aromatic ring is 1. The number of carbonyl (C=O) groups excluding carboxylic acids is 2. The highest BCUT2D eigenvalue weighted by Gasteiger charge is 2.31. The van der Waals surface area contributed by atoms with Gasteiger partial charge in [-0.25, -0.2) is 0 Å². The minimum absolute atomic E-state index is 0.0398. The van der Waals surface area contributed by atoms with Gasteiger partial charge in [0.25, 0.3) is 17.4 Å². The smallest absolute Gasteiger partial charge is 0.262 e. The van der Waals surface area contributed by atoms with E-state index in [0.717, 1.165) is 10.6 Å². The van der Waals surface area contributed by atoms with E-state index >= 15 is 0 Å². The molecule has 0 saturated heterocycles. The Balaban J connectivity index is 2.26. The van der Waals surface area contributed by atoms with E-state index in [-0.39, 0.29) is 26.5 Å². The quantitative estimate of drug-likeness (QED) is 0.778. The molecule has 0 bridgehead atoms. The number of aromatic nitrogens is 1. The number of rotatable bonds is 2. The average molecular weight is 385 g/mol. The van der Waals surface area contributed by atoms with Gasteiger partial charge < -0.3 is 5.73 Å². The van der Waals surface area contributed by atoms with Gasteiger partial charge in [-0.1, -0.05) is 46.9 Å². The lowest BCUT2D eigenvalue weighted by atomic mass is 10.1. The number of amides is 2. The van der Waals surface area contributed by atoms with Crippen LogP contribution in [0, 0.1) is 0 Å². The van der Waals surface area contributed by atoms with Gasteiger partial charge in [0, 0.05) is 6.07 Å². The van der Waals surface area contributed by atoms with E-state index in [0.29, 0.717) is 11.3 Å². The second-order valence-corrected chi connectivity index (χ2v) is 6.23. The van der Waals surface area contributed by atoms with Crippen molar-refractivity contribution in [2.75, 3.05) is 5.73 Å². The maximum absolute atomic E-state index is 12.4. The van der Waals surface area contributed by atoms with Crippen LogP contribution in [0.4, 0.5) is 5.82 Å². The van der Waals surface area contributed by atoms with Gasteiger partial charge in [-0.3, -0.25) is 24.3 Å². The number of anilines is 1. The van der Waals surface area contributed by atoms with Crippen molar-refractivity contribution < 1.29 is 9.59 Å². The van der Waals surface area contributed by atoms with E-state index < -0.39 is 17.4 Å². The summed E-state index contributed by atoms with van der Waals surface area (Å²) in [5, 5.41) is 2.20. The van der Waals surface area contributed by atoms with Gasteiger partial charge in [0.15, 0.2) is 0 Å². The fourth-order valence-corrected chi connectivity index (χ4v) is 2.77. The number of carbonyl (C=O) groups is 2. The number of nitrogens with two attached hydrogens (primary N) is 1. The first-order valence-corrected chi connectivity index (χ1v) is 7.67. The van der Waals surface area contributed by atoms with Crippen molar-refractivity contribution in [2.24, 2.45) is 0 Å². The summed E-state index contributed by atoms with van der Waals surface area (Å²) in [6.45, 7) is 0. The molecule has 9 heteroatoms. The third-order valence-corrected chi connectivity index (χ3v) is 4.46. The highest BCUT2D eigenvalue weighted by molar-refractivity contribution is 6.66. The molecule has 3 rings (SSSR count). The molecule has 0 atom stereocenters. The molecule has 0 fully saturated rings. The molecule has 24 heavy (non-hydrogen) atoms. The Morgan fingerprint density at radius 2 is 1.75 bits per heavy atom. The predicted molar refractivity (Wildman–Crippen MR) is 92.7 cm³/mol. The third-order valence-electron chi connectivity index (χ3n) is 3.48. The highest BCUT2D eigenvalue weighted by atomic mass is 35.5. The van der Waals surface area contributed by atoms with Crippen molar-refractivity contribution in [2.45, 2.75) is 0 Å². The van der Waals surface area contributed by atoms with Crippen LogP contribution in [-0.2, 0) is 0 Å². The molecule has 1 aromatic heterocycles. The Morgan fingerprint density at radius 1 is 1.04 bits per heavy atom. The lowest BCUT2D eigenvalue weighted by Crippen LogP contribution is -2.24. The minimum atomic E-state index is -0.654. The Bertz CT molecular complexity index is 991. The van der Waals surface area contributed by atoms with Gasteiger partial charge in [0.05, 0.1) is 21.8 Å². The summed E-state index contributed by atoms with van der Waals surface area (Å²) in [6, 6.07) is 7.45. The molecule has 6 nitrogen and oxygen atoms in total. The molecule has 122 valence electrons. The molecule has 0 unspecified atom stereocenters. The summed E-state index contributed by atoms with van der Waals surface area (Å²) in [6.07, 6.45) is 0. The van der Waals surface area contributed by atoms with Gasteiger partial charge in [-0.2, -0.15) is 0 Å². The standard InChI is InChI=1S/C15H8Cl3N3O3/c16-11(12(17)18)6-2-1-3-7(4-6)21-9(22)5-8-10(13(21)19)15(24)20-14(8)23/h1-5H,19H2,(H,20,23,24). The molecule has 0 spiro atoms. The first kappa shape index (κ1) is 16.6. The monoisotopic (exact) mass is 383 g/mol. The fourth-order valence-electron chi connectivity index (χ4n) is 2.44. The van der Waals surface area contributed by atoms with Crippen LogP contribution < -0.4 is 16.6 Å². The first-order chi connectivity index (χ1) is 11.3. The number of hydrogen-bond acceptors (Lipinski definition) is 4. The van der Waals surface area contributed by atoms with Crippen molar-refractivity contribution in [1.29, 1.82) is 0 Å². The number of halogens is 3. The van der Waals surface area contributed by atoms with Crippen LogP contribution >= 0.6 is 34.8 Å². The molecule has 2 aromatic rings. The molecule has 0 aliphatic carbocycles. The van der Waals surface area contributed by atoms with Gasteiger partial charge in [0.1, 0.15) is 10.3 Å². The fraction of sp³-hybridized carbons (Fsp3) is 0. The Hall–Kier alpha value is -2.28. The first-order valence-electron chi connectivity index (χ1n) is 6.54. The molecule has 1 aromatic carbocycles. The number of nitrogens with zero attached hydrogens (tertiary/aromatic N) is 1.